The number of pyridine rings is 1. The molecule has 1 aromatic heterocycles. The van der Waals surface area contributed by atoms with Crippen LogP contribution in [0.25, 0.3) is 0 Å². The summed E-state index contributed by atoms with van der Waals surface area (Å²) in [5.74, 6) is 1.46. The molecule has 0 aliphatic rings. The number of halogens is 1. The van der Waals surface area contributed by atoms with E-state index < -0.39 is 0 Å². The molecule has 1 atom stereocenters. The van der Waals surface area contributed by atoms with Gasteiger partial charge in [0.1, 0.15) is 5.82 Å². The fourth-order valence-corrected chi connectivity index (χ4v) is 2.31. The highest BCUT2D eigenvalue weighted by Crippen LogP contribution is 2.23. The molecule has 0 amide bonds. The van der Waals surface area contributed by atoms with Crippen molar-refractivity contribution in [3.63, 3.8) is 0 Å². The van der Waals surface area contributed by atoms with Crippen LogP contribution in [0.4, 0.5) is 5.82 Å². The van der Waals surface area contributed by atoms with Crippen LogP contribution < -0.4 is 11.1 Å². The fraction of sp³-hybridized carbons (Fsp3) is 0.615. The molecular formula is C13H22BrN3. The number of aryl methyl sites for hydroxylation is 1. The average molecular weight is 300 g/mol. The van der Waals surface area contributed by atoms with Gasteiger partial charge in [-0.1, -0.05) is 26.7 Å². The van der Waals surface area contributed by atoms with Crippen LogP contribution in [0.15, 0.2) is 16.7 Å². The minimum Gasteiger partial charge on any atom is -0.368 e. The van der Waals surface area contributed by atoms with Gasteiger partial charge in [-0.3, -0.25) is 0 Å². The van der Waals surface area contributed by atoms with Crippen molar-refractivity contribution in [1.29, 1.82) is 0 Å². The monoisotopic (exact) mass is 299 g/mol. The zero-order valence-electron chi connectivity index (χ0n) is 10.8. The molecule has 17 heavy (non-hydrogen) atoms. The molecule has 0 aliphatic heterocycles. The zero-order valence-corrected chi connectivity index (χ0v) is 12.4. The molecule has 4 heteroatoms. The molecule has 3 N–H and O–H groups in total. The number of rotatable bonds is 6. The van der Waals surface area contributed by atoms with Gasteiger partial charge < -0.3 is 11.1 Å². The van der Waals surface area contributed by atoms with Crippen molar-refractivity contribution in [2.45, 2.75) is 39.7 Å². The van der Waals surface area contributed by atoms with E-state index in [0.29, 0.717) is 5.92 Å². The molecule has 0 bridgehead atoms. The van der Waals surface area contributed by atoms with Crippen LogP contribution in [0.3, 0.4) is 0 Å². The van der Waals surface area contributed by atoms with Crippen molar-refractivity contribution >= 4 is 21.7 Å². The van der Waals surface area contributed by atoms with Gasteiger partial charge in [0.25, 0.3) is 0 Å². The zero-order chi connectivity index (χ0) is 12.8. The van der Waals surface area contributed by atoms with Gasteiger partial charge in [0.2, 0.25) is 0 Å². The molecule has 0 saturated heterocycles. The summed E-state index contributed by atoms with van der Waals surface area (Å²) >= 11 is 3.54. The minimum atomic E-state index is 0.180. The highest BCUT2D eigenvalue weighted by molar-refractivity contribution is 9.10. The van der Waals surface area contributed by atoms with E-state index in [1.54, 1.807) is 0 Å². The van der Waals surface area contributed by atoms with Crippen LogP contribution >= 0.6 is 15.9 Å². The highest BCUT2D eigenvalue weighted by Gasteiger charge is 2.14. The van der Waals surface area contributed by atoms with Crippen molar-refractivity contribution in [3.8, 4) is 0 Å². The largest absolute Gasteiger partial charge is 0.368 e. The van der Waals surface area contributed by atoms with Crippen LogP contribution in [0.1, 0.15) is 32.3 Å². The van der Waals surface area contributed by atoms with Crippen LogP contribution in [-0.4, -0.2) is 17.6 Å². The molecule has 0 radical (unpaired) electrons. The molecular weight excluding hydrogens is 278 g/mol. The Morgan fingerprint density at radius 3 is 2.65 bits per heavy atom. The molecule has 1 unspecified atom stereocenters. The predicted octanol–water partition coefficient (Wildman–Crippen LogP) is 3.33. The Morgan fingerprint density at radius 2 is 2.06 bits per heavy atom. The summed E-state index contributed by atoms with van der Waals surface area (Å²) in [5.41, 5.74) is 7.35. The minimum absolute atomic E-state index is 0.180. The third-order valence-corrected chi connectivity index (χ3v) is 4.24. The second kappa shape index (κ2) is 6.97. The third kappa shape index (κ3) is 3.96. The first-order valence-electron chi connectivity index (χ1n) is 6.20. The Kier molecular flexibility index (Phi) is 5.92. The topological polar surface area (TPSA) is 50.9 Å². The van der Waals surface area contributed by atoms with Crippen molar-refractivity contribution in [3.05, 3.63) is 22.3 Å². The fourth-order valence-electron chi connectivity index (χ4n) is 1.94. The first-order chi connectivity index (χ1) is 8.10. The molecule has 0 aromatic carbocycles. The van der Waals surface area contributed by atoms with E-state index in [0.717, 1.165) is 29.7 Å². The molecule has 0 saturated carbocycles. The van der Waals surface area contributed by atoms with Crippen LogP contribution in [0.2, 0.25) is 0 Å². The molecule has 1 aromatic rings. The number of hydrogen-bond acceptors (Lipinski definition) is 3. The van der Waals surface area contributed by atoms with Gasteiger partial charge in [-0.15, -0.1) is 0 Å². The lowest BCUT2D eigenvalue weighted by Crippen LogP contribution is -2.36. The molecule has 0 spiro atoms. The van der Waals surface area contributed by atoms with Gasteiger partial charge in [0.15, 0.2) is 0 Å². The maximum Gasteiger partial charge on any atom is 0.140 e. The number of anilines is 1. The number of nitrogens with two attached hydrogens (primary N) is 1. The lowest BCUT2D eigenvalue weighted by molar-refractivity contribution is 0.407. The normalized spacial score (nSPS) is 12.8. The molecule has 1 heterocycles. The Bertz CT molecular complexity index is 351. The summed E-state index contributed by atoms with van der Waals surface area (Å²) < 4.78 is 1.02. The summed E-state index contributed by atoms with van der Waals surface area (Å²) in [6, 6.07) is 2.16. The summed E-state index contributed by atoms with van der Waals surface area (Å²) in [4.78, 5) is 4.31. The number of aromatic nitrogens is 1. The van der Waals surface area contributed by atoms with Crippen LogP contribution in [0, 0.1) is 12.8 Å². The smallest absolute Gasteiger partial charge is 0.140 e. The maximum absolute atomic E-state index is 6.17. The Hall–Kier alpha value is -0.610. The average Bonchev–Trinajstić information content (AvgIpc) is 2.32. The molecule has 0 fully saturated rings. The lowest BCUT2D eigenvalue weighted by Gasteiger charge is -2.22. The van der Waals surface area contributed by atoms with Gasteiger partial charge in [-0.25, -0.2) is 4.98 Å². The van der Waals surface area contributed by atoms with E-state index in [1.165, 1.54) is 5.56 Å². The quantitative estimate of drug-likeness (QED) is 0.847. The SMILES string of the molecule is CCC(CC)C(N)CNc1nccc(C)c1Br. The van der Waals surface area contributed by atoms with Crippen molar-refractivity contribution in [1.82, 2.24) is 4.98 Å². The summed E-state index contributed by atoms with van der Waals surface area (Å²) in [5, 5.41) is 3.32. The first kappa shape index (κ1) is 14.5. The van der Waals surface area contributed by atoms with E-state index >= 15 is 0 Å². The lowest BCUT2D eigenvalue weighted by atomic mass is 9.95. The summed E-state index contributed by atoms with van der Waals surface area (Å²) in [7, 11) is 0. The van der Waals surface area contributed by atoms with Gasteiger partial charge in [0, 0.05) is 18.8 Å². The Labute approximate surface area is 112 Å². The number of hydrogen-bond donors (Lipinski definition) is 2. The number of nitrogens with one attached hydrogen (secondary N) is 1. The first-order valence-corrected chi connectivity index (χ1v) is 6.99. The highest BCUT2D eigenvalue weighted by atomic mass is 79.9. The van der Waals surface area contributed by atoms with Gasteiger partial charge in [-0.05, 0) is 40.4 Å². The summed E-state index contributed by atoms with van der Waals surface area (Å²) in [6.07, 6.45) is 4.06. The second-order valence-corrected chi connectivity index (χ2v) is 5.20. The van der Waals surface area contributed by atoms with Crippen LogP contribution in [-0.2, 0) is 0 Å². The maximum atomic E-state index is 6.17. The van der Waals surface area contributed by atoms with Crippen LogP contribution in [0.5, 0.6) is 0 Å². The standard InChI is InChI=1S/C13H22BrN3/c1-4-10(5-2)11(15)8-17-13-12(14)9(3)6-7-16-13/h6-7,10-11H,4-5,8,15H2,1-3H3,(H,16,17). The Balaban J connectivity index is 2.58. The van der Waals surface area contributed by atoms with Gasteiger partial charge in [-0.2, -0.15) is 0 Å². The molecule has 0 aliphatic carbocycles. The predicted molar refractivity (Wildman–Crippen MR) is 77.2 cm³/mol. The van der Waals surface area contributed by atoms with E-state index in [2.05, 4.69) is 47.0 Å². The van der Waals surface area contributed by atoms with Gasteiger partial charge >= 0.3 is 0 Å². The van der Waals surface area contributed by atoms with E-state index in [9.17, 15) is 0 Å². The molecule has 3 nitrogen and oxygen atoms in total. The Morgan fingerprint density at radius 1 is 1.41 bits per heavy atom. The molecule has 1 rings (SSSR count). The second-order valence-electron chi connectivity index (χ2n) is 4.41. The molecule has 96 valence electrons. The van der Waals surface area contributed by atoms with E-state index in [-0.39, 0.29) is 6.04 Å². The third-order valence-electron chi connectivity index (χ3n) is 3.24. The van der Waals surface area contributed by atoms with Crippen molar-refractivity contribution < 1.29 is 0 Å². The summed E-state index contributed by atoms with van der Waals surface area (Å²) in [6.45, 7) is 7.20. The van der Waals surface area contributed by atoms with Crippen molar-refractivity contribution in [2.24, 2.45) is 11.7 Å². The van der Waals surface area contributed by atoms with E-state index in [1.807, 2.05) is 12.3 Å². The van der Waals surface area contributed by atoms with Gasteiger partial charge in [0.05, 0.1) is 4.47 Å². The number of nitrogens with zero attached hydrogens (tertiary/aromatic N) is 1. The van der Waals surface area contributed by atoms with Crippen molar-refractivity contribution in [2.75, 3.05) is 11.9 Å². The van der Waals surface area contributed by atoms with E-state index in [4.69, 9.17) is 5.73 Å².